The quantitative estimate of drug-likeness (QED) is 0.274. The highest BCUT2D eigenvalue weighted by molar-refractivity contribution is 7.80. The highest BCUT2D eigenvalue weighted by Crippen LogP contribution is 2.27. The van der Waals surface area contributed by atoms with Crippen LogP contribution in [0.5, 0.6) is 5.88 Å². The molecule has 1 saturated heterocycles. The maximum atomic E-state index is 12.3. The topological polar surface area (TPSA) is 121 Å². The smallest absolute Gasteiger partial charge is 0.270 e. The van der Waals surface area contributed by atoms with Gasteiger partial charge in [-0.05, 0) is 27.2 Å². The van der Waals surface area contributed by atoms with E-state index in [0.717, 1.165) is 37.2 Å². The second kappa shape index (κ2) is 16.5. The second-order valence-corrected chi connectivity index (χ2v) is 11.1. The summed E-state index contributed by atoms with van der Waals surface area (Å²) in [5.74, 6) is 1.78. The minimum atomic E-state index is -1.32. The van der Waals surface area contributed by atoms with Crippen molar-refractivity contribution in [3.05, 3.63) is 0 Å². The van der Waals surface area contributed by atoms with Gasteiger partial charge in [0.2, 0.25) is 5.82 Å². The van der Waals surface area contributed by atoms with Crippen LogP contribution in [0.15, 0.2) is 0 Å². The van der Waals surface area contributed by atoms with E-state index < -0.39 is 11.1 Å². The fraction of sp³-hybridized carbons (Fsp3) is 0.864. The molecule has 2 heterocycles. The molecular weight excluding hydrogens is 496 g/mol. The number of nitrogens with zero attached hydrogens (tertiary/aromatic N) is 3. The predicted octanol–water partition coefficient (Wildman–Crippen LogP) is 1.45. The van der Waals surface area contributed by atoms with Gasteiger partial charge in [0, 0.05) is 37.5 Å². The Morgan fingerprint density at radius 2 is 1.94 bits per heavy atom. The lowest BCUT2D eigenvalue weighted by Gasteiger charge is -2.27. The number of carbonyl (C=O) groups excluding carboxylic acids is 1. The third-order valence-electron chi connectivity index (χ3n) is 5.18. The number of aromatic nitrogens is 2. The molecule has 1 unspecified atom stereocenters. The summed E-state index contributed by atoms with van der Waals surface area (Å²) in [4.78, 5) is 14.5. The number of Topliss-reactive ketones (excluding diaryl/α,β-unsaturated/α-hetero) is 1. The average Bonchev–Trinajstić information content (AvgIpc) is 3.31. The molecule has 1 N–H and O–H groups in total. The maximum absolute atomic E-state index is 12.3. The Kier molecular flexibility index (Phi) is 14.2. The molecular formula is C22H40N4O7S2. The fourth-order valence-corrected chi connectivity index (χ4v) is 4.12. The second-order valence-electron chi connectivity index (χ2n) is 9.22. The summed E-state index contributed by atoms with van der Waals surface area (Å²) in [6.07, 6.45) is 1.08. The van der Waals surface area contributed by atoms with Gasteiger partial charge in [0.25, 0.3) is 5.88 Å². The van der Waals surface area contributed by atoms with Crippen LogP contribution in [-0.4, -0.2) is 103 Å². The van der Waals surface area contributed by atoms with E-state index in [9.17, 15) is 9.00 Å². The molecule has 1 fully saturated rings. The van der Waals surface area contributed by atoms with Gasteiger partial charge in [-0.1, -0.05) is 0 Å². The van der Waals surface area contributed by atoms with Gasteiger partial charge in [0.15, 0.2) is 16.9 Å². The average molecular weight is 537 g/mol. The summed E-state index contributed by atoms with van der Waals surface area (Å²) in [7, 11) is 1.39. The minimum Gasteiger partial charge on any atom is -0.474 e. The molecule has 0 amide bonds. The Morgan fingerprint density at radius 1 is 1.20 bits per heavy atom. The normalized spacial score (nSPS) is 16.3. The van der Waals surface area contributed by atoms with Crippen LogP contribution in [0.25, 0.3) is 0 Å². The Hall–Kier alpha value is -1.22. The van der Waals surface area contributed by atoms with E-state index in [1.165, 1.54) is 7.11 Å². The minimum absolute atomic E-state index is 0.0376. The van der Waals surface area contributed by atoms with Gasteiger partial charge in [0.1, 0.15) is 6.61 Å². The Bertz CT molecular complexity index is 754. The van der Waals surface area contributed by atoms with Gasteiger partial charge in [-0.3, -0.25) is 8.98 Å². The van der Waals surface area contributed by atoms with Crippen LogP contribution in [0.1, 0.15) is 33.6 Å². The van der Waals surface area contributed by atoms with Crippen molar-refractivity contribution >= 4 is 34.4 Å². The number of morpholine rings is 1. The first kappa shape index (κ1) is 30.0. The van der Waals surface area contributed by atoms with Crippen LogP contribution < -0.4 is 15.0 Å². The molecule has 1 aromatic heterocycles. The molecule has 11 nitrogen and oxygen atoms in total. The molecule has 0 radical (unpaired) electrons. The third-order valence-corrected chi connectivity index (χ3v) is 6.55. The number of rotatable bonds is 18. The molecule has 0 saturated carbocycles. The number of ketones is 1. The van der Waals surface area contributed by atoms with Gasteiger partial charge in [-0.15, -0.1) is 4.37 Å². The number of anilines is 1. The van der Waals surface area contributed by atoms with E-state index in [0.29, 0.717) is 64.1 Å². The monoisotopic (exact) mass is 536 g/mol. The zero-order chi connectivity index (χ0) is 25.5. The number of ether oxygens (including phenoxy) is 4. The summed E-state index contributed by atoms with van der Waals surface area (Å²) >= 11 is -0.180. The summed E-state index contributed by atoms with van der Waals surface area (Å²) in [6.45, 7) is 11.4. The number of carbonyl (C=O) groups is 1. The van der Waals surface area contributed by atoms with Gasteiger partial charge < -0.3 is 29.2 Å². The van der Waals surface area contributed by atoms with Crippen molar-refractivity contribution < 1.29 is 32.1 Å². The standard InChI is InChI=1S/C22H40N4O7S2/c1-22(2,3)23-15-18(5-6-19(27)17-32-12-11-31-13-14-35(28)29-4)16-33-21-20(24-34-25-21)26-7-9-30-10-8-26/h18,23H,5-17H2,1-4H3/t18-,35?/m0/s1. The Balaban J connectivity index is 1.73. The predicted molar refractivity (Wildman–Crippen MR) is 136 cm³/mol. The largest absolute Gasteiger partial charge is 0.474 e. The lowest BCUT2D eigenvalue weighted by molar-refractivity contribution is -0.124. The van der Waals surface area contributed by atoms with Crippen LogP contribution in [-0.2, 0) is 34.3 Å². The molecule has 35 heavy (non-hydrogen) atoms. The van der Waals surface area contributed by atoms with Gasteiger partial charge in [-0.25, -0.2) is 4.21 Å². The van der Waals surface area contributed by atoms with Crippen molar-refractivity contribution in [1.29, 1.82) is 0 Å². The van der Waals surface area contributed by atoms with Crippen molar-refractivity contribution in [2.45, 2.75) is 39.2 Å². The van der Waals surface area contributed by atoms with E-state index in [-0.39, 0.29) is 23.8 Å². The lowest BCUT2D eigenvalue weighted by atomic mass is 10.0. The molecule has 0 aromatic carbocycles. The first-order valence-corrected chi connectivity index (χ1v) is 13.9. The highest BCUT2D eigenvalue weighted by Gasteiger charge is 2.22. The van der Waals surface area contributed by atoms with Crippen LogP contribution >= 0.6 is 11.7 Å². The van der Waals surface area contributed by atoms with Crippen LogP contribution in [0.3, 0.4) is 0 Å². The fourth-order valence-electron chi connectivity index (χ4n) is 3.18. The van der Waals surface area contributed by atoms with E-state index in [1.54, 1.807) is 0 Å². The molecule has 202 valence electrons. The number of hydrogen-bond acceptors (Lipinski definition) is 12. The molecule has 1 aliphatic heterocycles. The molecule has 0 aliphatic carbocycles. The number of nitrogens with one attached hydrogen (secondary N) is 1. The number of hydrogen-bond donors (Lipinski definition) is 1. The molecule has 13 heteroatoms. The van der Waals surface area contributed by atoms with E-state index in [2.05, 4.69) is 43.9 Å². The first-order valence-electron chi connectivity index (χ1n) is 11.9. The molecule has 2 atom stereocenters. The Labute approximate surface area is 215 Å². The molecule has 2 rings (SSSR count). The third kappa shape index (κ3) is 13.1. The lowest BCUT2D eigenvalue weighted by Crippen LogP contribution is -2.40. The maximum Gasteiger partial charge on any atom is 0.270 e. The van der Waals surface area contributed by atoms with E-state index in [1.807, 2.05) is 0 Å². The van der Waals surface area contributed by atoms with Crippen molar-refractivity contribution in [2.24, 2.45) is 5.92 Å². The van der Waals surface area contributed by atoms with E-state index >= 15 is 0 Å². The van der Waals surface area contributed by atoms with E-state index in [4.69, 9.17) is 18.9 Å². The van der Waals surface area contributed by atoms with Crippen LogP contribution in [0.4, 0.5) is 5.82 Å². The van der Waals surface area contributed by atoms with Crippen LogP contribution in [0, 0.1) is 5.92 Å². The van der Waals surface area contributed by atoms with Gasteiger partial charge in [0.05, 0.1) is 64.2 Å². The zero-order valence-corrected chi connectivity index (χ0v) is 22.9. The van der Waals surface area contributed by atoms with Gasteiger partial charge in [-0.2, -0.15) is 4.37 Å². The highest BCUT2D eigenvalue weighted by atomic mass is 32.2. The van der Waals surface area contributed by atoms with Crippen LogP contribution in [0.2, 0.25) is 0 Å². The summed E-state index contributed by atoms with van der Waals surface area (Å²) in [5, 5.41) is 3.51. The SMILES string of the molecule is COS(=O)CCOCCOCC(=O)CC[C@@H](CNC(C)(C)C)COc1nsnc1N1CCOCC1. The first-order chi connectivity index (χ1) is 16.8. The summed E-state index contributed by atoms with van der Waals surface area (Å²) in [5.41, 5.74) is -0.0393. The molecule has 1 aliphatic rings. The molecule has 0 bridgehead atoms. The molecule has 1 aromatic rings. The van der Waals surface area contributed by atoms with Gasteiger partial charge >= 0.3 is 0 Å². The van der Waals surface area contributed by atoms with Crippen molar-refractivity contribution in [2.75, 3.05) is 83.6 Å². The van der Waals surface area contributed by atoms with Crippen molar-refractivity contribution in [3.63, 3.8) is 0 Å². The van der Waals surface area contributed by atoms with Crippen molar-refractivity contribution in [1.82, 2.24) is 14.1 Å². The Morgan fingerprint density at radius 3 is 2.66 bits per heavy atom. The molecule has 0 spiro atoms. The summed E-state index contributed by atoms with van der Waals surface area (Å²) in [6, 6.07) is 0. The zero-order valence-electron chi connectivity index (χ0n) is 21.3. The van der Waals surface area contributed by atoms with Crippen molar-refractivity contribution in [3.8, 4) is 5.88 Å². The summed E-state index contributed by atoms with van der Waals surface area (Å²) < 4.78 is 46.8.